The summed E-state index contributed by atoms with van der Waals surface area (Å²) in [5.74, 6) is -0.628. The van der Waals surface area contributed by atoms with E-state index < -0.39 is 15.8 Å². The maximum absolute atomic E-state index is 13.4. The molecule has 1 aliphatic rings. The smallest absolute Gasteiger partial charge is 0.213 e. The standard InChI is InChI=1S/C12H13ClFN5O2S/c13-10-2-1-8(5-11(10)14)9-6-12(9)16-22(20,21)4-3-19-7-15-17-18-19/h1-2,5,7,9,12,16H,3-4,6H2/t9-,12+/m0/s1. The molecule has 1 saturated carbocycles. The van der Waals surface area contributed by atoms with Crippen molar-refractivity contribution in [3.8, 4) is 0 Å². The topological polar surface area (TPSA) is 89.8 Å². The van der Waals surface area contributed by atoms with Gasteiger partial charge in [0, 0.05) is 12.0 Å². The van der Waals surface area contributed by atoms with Crippen LogP contribution in [0.5, 0.6) is 0 Å². The van der Waals surface area contributed by atoms with Gasteiger partial charge in [-0.15, -0.1) is 5.10 Å². The summed E-state index contributed by atoms with van der Waals surface area (Å²) in [6.45, 7) is 0.176. The lowest BCUT2D eigenvalue weighted by Gasteiger charge is -2.06. The van der Waals surface area contributed by atoms with Crippen LogP contribution in [0.4, 0.5) is 4.39 Å². The summed E-state index contributed by atoms with van der Waals surface area (Å²) >= 11 is 5.63. The monoisotopic (exact) mass is 345 g/mol. The van der Waals surface area contributed by atoms with Crippen molar-refractivity contribution in [1.82, 2.24) is 24.9 Å². The van der Waals surface area contributed by atoms with E-state index in [1.54, 1.807) is 6.07 Å². The van der Waals surface area contributed by atoms with E-state index in [4.69, 9.17) is 11.6 Å². The molecular formula is C12H13ClFN5O2S. The Hall–Kier alpha value is -1.58. The molecule has 0 spiro atoms. The Morgan fingerprint density at radius 3 is 2.95 bits per heavy atom. The molecule has 0 saturated heterocycles. The Morgan fingerprint density at radius 1 is 1.45 bits per heavy atom. The number of nitrogens with one attached hydrogen (secondary N) is 1. The molecule has 1 heterocycles. The maximum atomic E-state index is 13.4. The fraction of sp³-hybridized carbons (Fsp3) is 0.417. The highest BCUT2D eigenvalue weighted by atomic mass is 35.5. The van der Waals surface area contributed by atoms with Crippen molar-refractivity contribution < 1.29 is 12.8 Å². The van der Waals surface area contributed by atoms with E-state index in [1.165, 1.54) is 23.1 Å². The third kappa shape index (κ3) is 3.60. The Labute approximate surface area is 131 Å². The number of tetrazole rings is 1. The summed E-state index contributed by atoms with van der Waals surface area (Å²) in [6.07, 6.45) is 2.00. The van der Waals surface area contributed by atoms with E-state index in [-0.39, 0.29) is 29.3 Å². The largest absolute Gasteiger partial charge is 0.231 e. The SMILES string of the molecule is O=S(=O)(CCn1cnnn1)N[C@@H]1C[C@H]1c1ccc(Cl)c(F)c1. The van der Waals surface area contributed by atoms with Crippen LogP contribution < -0.4 is 4.72 Å². The fourth-order valence-electron chi connectivity index (χ4n) is 2.22. The molecule has 7 nitrogen and oxygen atoms in total. The second kappa shape index (κ2) is 5.90. The lowest BCUT2D eigenvalue weighted by atomic mass is 10.1. The quantitative estimate of drug-likeness (QED) is 0.841. The van der Waals surface area contributed by atoms with Gasteiger partial charge < -0.3 is 0 Å². The molecule has 1 N–H and O–H groups in total. The van der Waals surface area contributed by atoms with Crippen LogP contribution in [0.1, 0.15) is 17.9 Å². The van der Waals surface area contributed by atoms with Crippen LogP contribution in [-0.4, -0.2) is 40.4 Å². The third-order valence-corrected chi connectivity index (χ3v) is 5.16. The van der Waals surface area contributed by atoms with Crippen molar-refractivity contribution in [2.24, 2.45) is 0 Å². The molecule has 3 rings (SSSR count). The third-order valence-electron chi connectivity index (χ3n) is 3.47. The van der Waals surface area contributed by atoms with Gasteiger partial charge in [-0.2, -0.15) is 0 Å². The number of aromatic nitrogens is 4. The lowest BCUT2D eigenvalue weighted by molar-refractivity contribution is 0.561. The van der Waals surface area contributed by atoms with Gasteiger partial charge in [-0.3, -0.25) is 0 Å². The van der Waals surface area contributed by atoms with Crippen LogP contribution in [0.2, 0.25) is 5.02 Å². The predicted molar refractivity (Wildman–Crippen MR) is 77.3 cm³/mol. The van der Waals surface area contributed by atoms with Crippen LogP contribution in [0, 0.1) is 5.82 Å². The van der Waals surface area contributed by atoms with E-state index in [1.807, 2.05) is 0 Å². The second-order valence-electron chi connectivity index (χ2n) is 5.13. The Balaban J connectivity index is 1.56. The molecular weight excluding hydrogens is 333 g/mol. The number of nitrogens with zero attached hydrogens (tertiary/aromatic N) is 4. The van der Waals surface area contributed by atoms with Gasteiger partial charge >= 0.3 is 0 Å². The van der Waals surface area contributed by atoms with E-state index >= 15 is 0 Å². The Kier molecular flexibility index (Phi) is 4.11. The summed E-state index contributed by atoms with van der Waals surface area (Å²) in [7, 11) is -3.44. The Morgan fingerprint density at radius 2 is 2.27 bits per heavy atom. The number of halogens is 2. The van der Waals surface area contributed by atoms with E-state index in [0.717, 1.165) is 5.56 Å². The fourth-order valence-corrected chi connectivity index (χ4v) is 3.61. The Bertz CT molecular complexity index is 768. The van der Waals surface area contributed by atoms with Gasteiger partial charge in [-0.05, 0) is 34.5 Å². The molecule has 1 aromatic heterocycles. The molecule has 0 bridgehead atoms. The molecule has 1 aromatic carbocycles. The van der Waals surface area contributed by atoms with Crippen molar-refractivity contribution in [2.45, 2.75) is 24.9 Å². The molecule has 10 heteroatoms. The highest BCUT2D eigenvalue weighted by molar-refractivity contribution is 7.89. The normalized spacial score (nSPS) is 21.0. The first kappa shape index (κ1) is 15.3. The summed E-state index contributed by atoms with van der Waals surface area (Å²) in [6, 6.07) is 4.33. The molecule has 0 unspecified atom stereocenters. The number of rotatable bonds is 6. The zero-order chi connectivity index (χ0) is 15.7. The summed E-state index contributed by atoms with van der Waals surface area (Å²) in [5, 5.41) is 10.5. The first-order valence-electron chi connectivity index (χ1n) is 6.60. The van der Waals surface area contributed by atoms with Crippen LogP contribution in [0.15, 0.2) is 24.5 Å². The molecule has 22 heavy (non-hydrogen) atoms. The first-order chi connectivity index (χ1) is 10.4. The molecule has 0 aliphatic heterocycles. The molecule has 1 aliphatic carbocycles. The van der Waals surface area contributed by atoms with Crippen molar-refractivity contribution in [2.75, 3.05) is 5.75 Å². The molecule has 0 amide bonds. The number of hydrogen-bond acceptors (Lipinski definition) is 5. The maximum Gasteiger partial charge on any atom is 0.213 e. The highest BCUT2D eigenvalue weighted by Gasteiger charge is 2.41. The predicted octanol–water partition coefficient (Wildman–Crippen LogP) is 0.941. The highest BCUT2D eigenvalue weighted by Crippen LogP contribution is 2.41. The minimum absolute atomic E-state index is 0.0189. The molecule has 118 valence electrons. The number of aryl methyl sites for hydroxylation is 1. The zero-order valence-corrected chi connectivity index (χ0v) is 12.9. The number of sulfonamides is 1. The zero-order valence-electron chi connectivity index (χ0n) is 11.4. The van der Waals surface area contributed by atoms with Gasteiger partial charge in [0.2, 0.25) is 10.0 Å². The minimum Gasteiger partial charge on any atom is -0.231 e. The number of hydrogen-bond donors (Lipinski definition) is 1. The molecule has 2 aromatic rings. The van der Waals surface area contributed by atoms with Crippen LogP contribution >= 0.6 is 11.6 Å². The molecule has 1 fully saturated rings. The van der Waals surface area contributed by atoms with Crippen molar-refractivity contribution in [3.05, 3.63) is 40.9 Å². The van der Waals surface area contributed by atoms with Crippen molar-refractivity contribution in [3.63, 3.8) is 0 Å². The van der Waals surface area contributed by atoms with Crippen LogP contribution in [-0.2, 0) is 16.6 Å². The minimum atomic E-state index is -3.44. The first-order valence-corrected chi connectivity index (χ1v) is 8.63. The van der Waals surface area contributed by atoms with Gasteiger partial charge in [0.1, 0.15) is 12.1 Å². The lowest BCUT2D eigenvalue weighted by Crippen LogP contribution is -2.31. The van der Waals surface area contributed by atoms with Crippen molar-refractivity contribution >= 4 is 21.6 Å². The van der Waals surface area contributed by atoms with Gasteiger partial charge in [0.25, 0.3) is 0 Å². The van der Waals surface area contributed by atoms with Crippen LogP contribution in [0.3, 0.4) is 0 Å². The van der Waals surface area contributed by atoms with Gasteiger partial charge in [0.15, 0.2) is 0 Å². The summed E-state index contributed by atoms with van der Waals surface area (Å²) in [4.78, 5) is 0. The van der Waals surface area contributed by atoms with E-state index in [2.05, 4.69) is 20.2 Å². The van der Waals surface area contributed by atoms with Crippen molar-refractivity contribution in [1.29, 1.82) is 0 Å². The summed E-state index contributed by atoms with van der Waals surface area (Å²) < 4.78 is 41.3. The van der Waals surface area contributed by atoms with Gasteiger partial charge in [-0.25, -0.2) is 22.2 Å². The summed E-state index contributed by atoms with van der Waals surface area (Å²) in [5.41, 5.74) is 0.745. The van der Waals surface area contributed by atoms with Crippen LogP contribution in [0.25, 0.3) is 0 Å². The number of benzene rings is 1. The van der Waals surface area contributed by atoms with Gasteiger partial charge in [-0.1, -0.05) is 17.7 Å². The average Bonchev–Trinajstić information content (AvgIpc) is 3.01. The molecule has 0 radical (unpaired) electrons. The average molecular weight is 346 g/mol. The second-order valence-corrected chi connectivity index (χ2v) is 7.41. The van der Waals surface area contributed by atoms with E-state index in [9.17, 15) is 12.8 Å². The molecule has 2 atom stereocenters. The van der Waals surface area contributed by atoms with E-state index in [0.29, 0.717) is 6.42 Å². The van der Waals surface area contributed by atoms with Gasteiger partial charge in [0.05, 0.1) is 17.3 Å².